The molecular formula is C13H19N3S. The van der Waals surface area contributed by atoms with Crippen LogP contribution < -0.4 is 5.73 Å². The van der Waals surface area contributed by atoms with Crippen LogP contribution in [0.1, 0.15) is 25.8 Å². The van der Waals surface area contributed by atoms with Crippen molar-refractivity contribution in [2.24, 2.45) is 5.92 Å². The highest BCUT2D eigenvalue weighted by atomic mass is 32.1. The summed E-state index contributed by atoms with van der Waals surface area (Å²) < 4.78 is 1.96. The maximum Gasteiger partial charge on any atom is 0.125 e. The molecule has 0 bridgehead atoms. The van der Waals surface area contributed by atoms with E-state index in [0.29, 0.717) is 5.92 Å². The van der Waals surface area contributed by atoms with Crippen LogP contribution in [0.2, 0.25) is 0 Å². The molecule has 0 amide bonds. The summed E-state index contributed by atoms with van der Waals surface area (Å²) in [5, 5.41) is 6.67. The van der Waals surface area contributed by atoms with Gasteiger partial charge in [0.2, 0.25) is 0 Å². The third kappa shape index (κ3) is 2.69. The number of hydrogen-bond donors (Lipinski definition) is 1. The van der Waals surface area contributed by atoms with Gasteiger partial charge < -0.3 is 5.73 Å². The number of aryl methyl sites for hydroxylation is 2. The first kappa shape index (κ1) is 12.2. The Kier molecular flexibility index (Phi) is 3.52. The second kappa shape index (κ2) is 4.92. The summed E-state index contributed by atoms with van der Waals surface area (Å²) in [6.07, 6.45) is 3.07. The minimum Gasteiger partial charge on any atom is -0.396 e. The SMILES string of the molecule is Cc1ccsc1-c1nn(CCC(C)C)cc1N. The number of hydrogen-bond acceptors (Lipinski definition) is 3. The average Bonchev–Trinajstić information content (AvgIpc) is 2.81. The number of anilines is 1. The monoisotopic (exact) mass is 249 g/mol. The molecule has 0 saturated heterocycles. The van der Waals surface area contributed by atoms with Crippen LogP contribution in [0, 0.1) is 12.8 Å². The van der Waals surface area contributed by atoms with Crippen molar-refractivity contribution in [2.45, 2.75) is 33.7 Å². The highest BCUT2D eigenvalue weighted by Crippen LogP contribution is 2.31. The first-order valence-corrected chi connectivity index (χ1v) is 6.83. The Morgan fingerprint density at radius 3 is 2.82 bits per heavy atom. The molecule has 2 aromatic heterocycles. The van der Waals surface area contributed by atoms with E-state index in [1.54, 1.807) is 11.3 Å². The van der Waals surface area contributed by atoms with Gasteiger partial charge in [0.1, 0.15) is 5.69 Å². The summed E-state index contributed by atoms with van der Waals surface area (Å²) in [5.41, 5.74) is 8.99. The number of thiophene rings is 1. The van der Waals surface area contributed by atoms with Gasteiger partial charge in [-0.25, -0.2) is 0 Å². The molecule has 0 aliphatic rings. The summed E-state index contributed by atoms with van der Waals surface area (Å²) >= 11 is 1.70. The van der Waals surface area contributed by atoms with Gasteiger partial charge in [-0.15, -0.1) is 11.3 Å². The molecule has 17 heavy (non-hydrogen) atoms. The zero-order chi connectivity index (χ0) is 12.4. The molecule has 0 aromatic carbocycles. The minimum atomic E-state index is 0.687. The molecule has 2 aromatic rings. The Morgan fingerprint density at radius 2 is 2.24 bits per heavy atom. The second-order valence-electron chi connectivity index (χ2n) is 4.81. The number of rotatable bonds is 4. The molecule has 0 saturated carbocycles. The van der Waals surface area contributed by atoms with E-state index in [-0.39, 0.29) is 0 Å². The topological polar surface area (TPSA) is 43.8 Å². The van der Waals surface area contributed by atoms with Crippen molar-refractivity contribution in [1.82, 2.24) is 9.78 Å². The highest BCUT2D eigenvalue weighted by Gasteiger charge is 2.12. The summed E-state index contributed by atoms with van der Waals surface area (Å²) in [4.78, 5) is 1.19. The maximum absolute atomic E-state index is 6.03. The first-order valence-electron chi connectivity index (χ1n) is 5.95. The number of nitrogen functional groups attached to an aromatic ring is 1. The lowest BCUT2D eigenvalue weighted by molar-refractivity contribution is 0.488. The lowest BCUT2D eigenvalue weighted by Crippen LogP contribution is -2.01. The zero-order valence-corrected chi connectivity index (χ0v) is 11.4. The Hall–Kier alpha value is -1.29. The number of aromatic nitrogens is 2. The molecular weight excluding hydrogens is 230 g/mol. The zero-order valence-electron chi connectivity index (χ0n) is 10.6. The van der Waals surface area contributed by atoms with Gasteiger partial charge in [-0.2, -0.15) is 5.10 Å². The molecule has 0 fully saturated rings. The normalized spacial score (nSPS) is 11.3. The summed E-state index contributed by atoms with van der Waals surface area (Å²) in [5.74, 6) is 0.687. The maximum atomic E-state index is 6.03. The smallest absolute Gasteiger partial charge is 0.125 e. The molecule has 0 aliphatic heterocycles. The van der Waals surface area contributed by atoms with Gasteiger partial charge in [-0.3, -0.25) is 4.68 Å². The van der Waals surface area contributed by atoms with E-state index >= 15 is 0 Å². The second-order valence-corrected chi connectivity index (χ2v) is 5.73. The van der Waals surface area contributed by atoms with Gasteiger partial charge in [0.15, 0.2) is 0 Å². The van der Waals surface area contributed by atoms with Gasteiger partial charge in [0, 0.05) is 12.7 Å². The fourth-order valence-corrected chi connectivity index (χ4v) is 2.67. The molecule has 0 radical (unpaired) electrons. The van der Waals surface area contributed by atoms with Crippen LogP contribution in [-0.2, 0) is 6.54 Å². The largest absolute Gasteiger partial charge is 0.396 e. The van der Waals surface area contributed by atoms with Crippen LogP contribution >= 0.6 is 11.3 Å². The van der Waals surface area contributed by atoms with E-state index in [4.69, 9.17) is 5.73 Å². The fourth-order valence-electron chi connectivity index (χ4n) is 1.73. The predicted octanol–water partition coefficient (Wildman–Crippen LogP) is 3.55. The van der Waals surface area contributed by atoms with Crippen LogP contribution in [0.25, 0.3) is 10.6 Å². The Balaban J connectivity index is 2.22. The van der Waals surface area contributed by atoms with E-state index in [9.17, 15) is 0 Å². The van der Waals surface area contributed by atoms with Crippen LogP contribution in [0.3, 0.4) is 0 Å². The lowest BCUT2D eigenvalue weighted by atomic mass is 10.1. The average molecular weight is 249 g/mol. The van der Waals surface area contributed by atoms with Crippen molar-refractivity contribution in [2.75, 3.05) is 5.73 Å². The molecule has 2 heterocycles. The minimum absolute atomic E-state index is 0.687. The third-order valence-corrected chi connectivity index (χ3v) is 3.83. The third-order valence-electron chi connectivity index (χ3n) is 2.80. The van der Waals surface area contributed by atoms with Crippen molar-refractivity contribution in [3.05, 3.63) is 23.2 Å². The molecule has 3 nitrogen and oxygen atoms in total. The van der Waals surface area contributed by atoms with E-state index in [2.05, 4.69) is 37.3 Å². The quantitative estimate of drug-likeness (QED) is 0.900. The van der Waals surface area contributed by atoms with E-state index in [1.807, 2.05) is 10.9 Å². The number of nitrogens with zero attached hydrogens (tertiary/aromatic N) is 2. The Morgan fingerprint density at radius 1 is 1.47 bits per heavy atom. The standard InChI is InChI=1S/C13H19N3S/c1-9(2)4-6-16-8-11(14)12(15-16)13-10(3)5-7-17-13/h5,7-9H,4,6,14H2,1-3H3. The van der Waals surface area contributed by atoms with Crippen molar-refractivity contribution < 1.29 is 0 Å². The summed E-state index contributed by atoms with van der Waals surface area (Å²) in [6, 6.07) is 2.10. The van der Waals surface area contributed by atoms with Gasteiger partial charge >= 0.3 is 0 Å². The molecule has 92 valence electrons. The molecule has 4 heteroatoms. The van der Waals surface area contributed by atoms with Gasteiger partial charge in [0.05, 0.1) is 10.6 Å². The van der Waals surface area contributed by atoms with E-state index in [0.717, 1.165) is 24.3 Å². The van der Waals surface area contributed by atoms with Crippen LogP contribution in [0.5, 0.6) is 0 Å². The highest BCUT2D eigenvalue weighted by molar-refractivity contribution is 7.13. The van der Waals surface area contributed by atoms with Crippen LogP contribution in [0.4, 0.5) is 5.69 Å². The van der Waals surface area contributed by atoms with E-state index < -0.39 is 0 Å². The summed E-state index contributed by atoms with van der Waals surface area (Å²) in [6.45, 7) is 7.47. The van der Waals surface area contributed by atoms with Gasteiger partial charge in [-0.1, -0.05) is 13.8 Å². The van der Waals surface area contributed by atoms with Crippen LogP contribution in [0.15, 0.2) is 17.6 Å². The predicted molar refractivity (Wildman–Crippen MR) is 74.1 cm³/mol. The number of nitrogens with two attached hydrogens (primary N) is 1. The van der Waals surface area contributed by atoms with Gasteiger partial charge in [0.25, 0.3) is 0 Å². The van der Waals surface area contributed by atoms with Crippen LogP contribution in [-0.4, -0.2) is 9.78 Å². The fraction of sp³-hybridized carbons (Fsp3) is 0.462. The van der Waals surface area contributed by atoms with Gasteiger partial charge in [-0.05, 0) is 36.3 Å². The molecule has 2 N–H and O–H groups in total. The van der Waals surface area contributed by atoms with E-state index in [1.165, 1.54) is 10.4 Å². The summed E-state index contributed by atoms with van der Waals surface area (Å²) in [7, 11) is 0. The molecule has 2 rings (SSSR count). The molecule has 0 aliphatic carbocycles. The molecule has 0 spiro atoms. The first-order chi connectivity index (χ1) is 8.08. The lowest BCUT2D eigenvalue weighted by Gasteiger charge is -2.03. The van der Waals surface area contributed by atoms with Crippen molar-refractivity contribution in [3.63, 3.8) is 0 Å². The Labute approximate surface area is 106 Å². The van der Waals surface area contributed by atoms with Crippen molar-refractivity contribution >= 4 is 17.0 Å². The molecule has 0 atom stereocenters. The molecule has 0 unspecified atom stereocenters. The van der Waals surface area contributed by atoms with Crippen molar-refractivity contribution in [1.29, 1.82) is 0 Å². The van der Waals surface area contributed by atoms with Crippen molar-refractivity contribution in [3.8, 4) is 10.6 Å². The Bertz CT molecular complexity index is 496.